The number of aliphatic hydroxyl groups excluding tert-OH is 1. The largest absolute Gasteiger partial charge is 0.390 e. The summed E-state index contributed by atoms with van der Waals surface area (Å²) >= 11 is 0. The molecule has 0 saturated heterocycles. The van der Waals surface area contributed by atoms with Crippen molar-refractivity contribution in [1.29, 1.82) is 0 Å². The molecular weight excluding hydrogens is 206 g/mol. The first-order chi connectivity index (χ1) is 7.50. The number of rotatable bonds is 6. The molecule has 2 N–H and O–H groups in total. The molecule has 0 aliphatic rings. The molecular formula is C11H21N3O2. The van der Waals surface area contributed by atoms with E-state index in [9.17, 15) is 5.11 Å². The quantitative estimate of drug-likeness (QED) is 0.732. The lowest BCUT2D eigenvalue weighted by molar-refractivity contribution is 0.134. The van der Waals surface area contributed by atoms with Gasteiger partial charge < -0.3 is 19.8 Å². The molecule has 1 heterocycles. The van der Waals surface area contributed by atoms with Gasteiger partial charge in [-0.2, -0.15) is 0 Å². The van der Waals surface area contributed by atoms with Gasteiger partial charge in [0.2, 0.25) is 0 Å². The smallest absolute Gasteiger partial charge is 0.138 e. The third kappa shape index (κ3) is 3.92. The van der Waals surface area contributed by atoms with Crippen LogP contribution in [0.5, 0.6) is 0 Å². The van der Waals surface area contributed by atoms with Crippen molar-refractivity contribution in [3.05, 3.63) is 17.0 Å². The monoisotopic (exact) mass is 227 g/mol. The molecule has 0 radical (unpaired) electrons. The lowest BCUT2D eigenvalue weighted by Gasteiger charge is -2.16. The van der Waals surface area contributed by atoms with Crippen molar-refractivity contribution in [2.75, 3.05) is 27.2 Å². The average molecular weight is 227 g/mol. The third-order valence-corrected chi connectivity index (χ3v) is 2.44. The number of hydrogen-bond donors (Lipinski definition) is 2. The molecule has 92 valence electrons. The molecule has 0 aliphatic heterocycles. The van der Waals surface area contributed by atoms with Crippen LogP contribution in [0.25, 0.3) is 0 Å². The van der Waals surface area contributed by atoms with Gasteiger partial charge in [0.1, 0.15) is 5.76 Å². The maximum atomic E-state index is 9.64. The molecule has 5 nitrogen and oxygen atoms in total. The number of nitrogens with zero attached hydrogens (tertiary/aromatic N) is 2. The molecule has 0 aliphatic carbocycles. The van der Waals surface area contributed by atoms with E-state index in [1.807, 2.05) is 32.8 Å². The fourth-order valence-corrected chi connectivity index (χ4v) is 1.60. The minimum Gasteiger partial charge on any atom is -0.390 e. The van der Waals surface area contributed by atoms with Gasteiger partial charge in [-0.25, -0.2) is 0 Å². The van der Waals surface area contributed by atoms with Crippen molar-refractivity contribution < 1.29 is 9.63 Å². The molecule has 0 spiro atoms. The van der Waals surface area contributed by atoms with E-state index in [0.29, 0.717) is 19.6 Å². The second-order valence-corrected chi connectivity index (χ2v) is 4.35. The standard InChI is InChI=1S/C11H21N3O2/c1-8-11(9(2)16-13-8)6-12-5-10(15)7-14(3)4/h10,12,15H,5-7H2,1-4H3. The molecule has 1 aromatic rings. The van der Waals surface area contributed by atoms with Gasteiger partial charge in [0.05, 0.1) is 11.8 Å². The fourth-order valence-electron chi connectivity index (χ4n) is 1.60. The van der Waals surface area contributed by atoms with Crippen LogP contribution < -0.4 is 5.32 Å². The Balaban J connectivity index is 2.30. The van der Waals surface area contributed by atoms with Crippen LogP contribution in [0, 0.1) is 13.8 Å². The number of aromatic nitrogens is 1. The summed E-state index contributed by atoms with van der Waals surface area (Å²) < 4.78 is 5.06. The first kappa shape index (κ1) is 13.2. The Bertz CT molecular complexity index is 304. The summed E-state index contributed by atoms with van der Waals surface area (Å²) in [4.78, 5) is 1.96. The van der Waals surface area contributed by atoms with Gasteiger partial charge in [-0.15, -0.1) is 0 Å². The van der Waals surface area contributed by atoms with Gasteiger partial charge in [-0.05, 0) is 27.9 Å². The Labute approximate surface area is 96.4 Å². The zero-order chi connectivity index (χ0) is 12.1. The van der Waals surface area contributed by atoms with E-state index in [4.69, 9.17) is 4.52 Å². The van der Waals surface area contributed by atoms with Crippen LogP contribution in [-0.4, -0.2) is 48.5 Å². The van der Waals surface area contributed by atoms with Crippen LogP contribution in [0.4, 0.5) is 0 Å². The average Bonchev–Trinajstić information content (AvgIpc) is 2.47. The normalized spacial score (nSPS) is 13.4. The Kier molecular flexibility index (Phi) is 4.92. The van der Waals surface area contributed by atoms with Gasteiger partial charge in [0.25, 0.3) is 0 Å². The van der Waals surface area contributed by atoms with Gasteiger partial charge in [0.15, 0.2) is 0 Å². The van der Waals surface area contributed by atoms with Crippen LogP contribution >= 0.6 is 0 Å². The molecule has 0 bridgehead atoms. The summed E-state index contributed by atoms with van der Waals surface area (Å²) in [6.45, 7) is 5.74. The van der Waals surface area contributed by atoms with Crippen molar-refractivity contribution in [1.82, 2.24) is 15.4 Å². The summed E-state index contributed by atoms with van der Waals surface area (Å²) in [6.07, 6.45) is -0.351. The van der Waals surface area contributed by atoms with Gasteiger partial charge in [-0.1, -0.05) is 5.16 Å². The van der Waals surface area contributed by atoms with Crippen molar-refractivity contribution in [3.8, 4) is 0 Å². The SMILES string of the molecule is Cc1noc(C)c1CNCC(O)CN(C)C. The Morgan fingerprint density at radius 3 is 2.62 bits per heavy atom. The first-order valence-electron chi connectivity index (χ1n) is 5.46. The summed E-state index contributed by atoms with van der Waals surface area (Å²) in [5.74, 6) is 0.840. The maximum Gasteiger partial charge on any atom is 0.138 e. The highest BCUT2D eigenvalue weighted by atomic mass is 16.5. The third-order valence-electron chi connectivity index (χ3n) is 2.44. The van der Waals surface area contributed by atoms with E-state index >= 15 is 0 Å². The van der Waals surface area contributed by atoms with E-state index in [0.717, 1.165) is 17.0 Å². The van der Waals surface area contributed by atoms with Crippen LogP contribution in [0.2, 0.25) is 0 Å². The minimum atomic E-state index is -0.351. The number of aliphatic hydroxyl groups is 1. The van der Waals surface area contributed by atoms with E-state index in [1.54, 1.807) is 0 Å². The highest BCUT2D eigenvalue weighted by molar-refractivity contribution is 5.20. The summed E-state index contributed by atoms with van der Waals surface area (Å²) in [5, 5.41) is 16.7. The number of hydrogen-bond acceptors (Lipinski definition) is 5. The molecule has 16 heavy (non-hydrogen) atoms. The van der Waals surface area contributed by atoms with Crippen LogP contribution in [-0.2, 0) is 6.54 Å². The van der Waals surface area contributed by atoms with Crippen LogP contribution in [0.1, 0.15) is 17.0 Å². The van der Waals surface area contributed by atoms with E-state index < -0.39 is 0 Å². The lowest BCUT2D eigenvalue weighted by atomic mass is 10.2. The summed E-state index contributed by atoms with van der Waals surface area (Å²) in [7, 11) is 3.88. The maximum absolute atomic E-state index is 9.64. The minimum absolute atomic E-state index is 0.351. The van der Waals surface area contributed by atoms with Gasteiger partial charge >= 0.3 is 0 Å². The molecule has 0 amide bonds. The zero-order valence-electron chi connectivity index (χ0n) is 10.4. The molecule has 0 saturated carbocycles. The topological polar surface area (TPSA) is 61.5 Å². The lowest BCUT2D eigenvalue weighted by Crippen LogP contribution is -2.34. The van der Waals surface area contributed by atoms with Crippen LogP contribution in [0.3, 0.4) is 0 Å². The van der Waals surface area contributed by atoms with E-state index in [2.05, 4.69) is 10.5 Å². The van der Waals surface area contributed by atoms with Gasteiger partial charge in [0, 0.05) is 25.2 Å². The number of likely N-dealkylation sites (N-methyl/N-ethyl adjacent to an activating group) is 1. The molecule has 0 aromatic carbocycles. The Morgan fingerprint density at radius 2 is 2.12 bits per heavy atom. The predicted octanol–water partition coefficient (Wildman–Crippen LogP) is 0.304. The Morgan fingerprint density at radius 1 is 1.44 bits per heavy atom. The summed E-state index contributed by atoms with van der Waals surface area (Å²) in [6, 6.07) is 0. The summed E-state index contributed by atoms with van der Waals surface area (Å²) in [5.41, 5.74) is 1.99. The Hall–Kier alpha value is -0.910. The molecule has 1 unspecified atom stereocenters. The molecule has 1 rings (SSSR count). The van der Waals surface area contributed by atoms with Crippen molar-refractivity contribution >= 4 is 0 Å². The number of aryl methyl sites for hydroxylation is 2. The second kappa shape index (κ2) is 5.98. The van der Waals surface area contributed by atoms with Crippen molar-refractivity contribution in [2.45, 2.75) is 26.5 Å². The molecule has 1 atom stereocenters. The van der Waals surface area contributed by atoms with Gasteiger partial charge in [-0.3, -0.25) is 0 Å². The molecule has 1 aromatic heterocycles. The van der Waals surface area contributed by atoms with E-state index in [1.165, 1.54) is 0 Å². The second-order valence-electron chi connectivity index (χ2n) is 4.35. The number of nitrogens with one attached hydrogen (secondary N) is 1. The predicted molar refractivity (Wildman–Crippen MR) is 62.2 cm³/mol. The highest BCUT2D eigenvalue weighted by Gasteiger charge is 2.09. The van der Waals surface area contributed by atoms with Crippen molar-refractivity contribution in [2.24, 2.45) is 0 Å². The molecule has 5 heteroatoms. The fraction of sp³-hybridized carbons (Fsp3) is 0.727. The highest BCUT2D eigenvalue weighted by Crippen LogP contribution is 2.11. The first-order valence-corrected chi connectivity index (χ1v) is 5.46. The van der Waals surface area contributed by atoms with Crippen molar-refractivity contribution in [3.63, 3.8) is 0 Å². The van der Waals surface area contributed by atoms with Crippen LogP contribution in [0.15, 0.2) is 4.52 Å². The zero-order valence-corrected chi connectivity index (χ0v) is 10.4. The molecule has 0 fully saturated rings. The van der Waals surface area contributed by atoms with E-state index in [-0.39, 0.29) is 6.10 Å².